The Morgan fingerprint density at radius 3 is 1.62 bits per heavy atom. The van der Waals surface area contributed by atoms with E-state index >= 15 is 0 Å². The molecule has 0 N–H and O–H groups in total. The highest BCUT2D eigenvalue weighted by Gasteiger charge is 2.21. The number of carbonyl (C=O) groups is 3. The van der Waals surface area contributed by atoms with Gasteiger partial charge in [0, 0.05) is 18.1 Å². The normalized spacial score (nSPS) is 16.8. The fourth-order valence-corrected chi connectivity index (χ4v) is 5.58. The molecule has 0 spiro atoms. The Hall–Kier alpha value is -2.02. The van der Waals surface area contributed by atoms with Gasteiger partial charge in [0.2, 0.25) is 0 Å². The first-order chi connectivity index (χ1) is 18.8. The molecule has 2 aliphatic rings. The van der Waals surface area contributed by atoms with E-state index in [2.05, 4.69) is 10.8 Å². The van der Waals surface area contributed by atoms with E-state index in [0.29, 0.717) is 38.3 Å². The summed E-state index contributed by atoms with van der Waals surface area (Å²) in [6.07, 6.45) is 24.1. The van der Waals surface area contributed by atoms with E-state index in [1.807, 2.05) is 13.0 Å². The van der Waals surface area contributed by atoms with Crippen molar-refractivity contribution in [2.45, 2.75) is 91.9 Å². The van der Waals surface area contributed by atoms with Crippen LogP contribution in [0, 0.1) is 11.8 Å². The Labute approximate surface area is 236 Å². The van der Waals surface area contributed by atoms with Crippen LogP contribution in [0.2, 0.25) is 0 Å². The van der Waals surface area contributed by atoms with E-state index in [0.717, 1.165) is 19.1 Å². The summed E-state index contributed by atoms with van der Waals surface area (Å²) < 4.78 is 31.4. The van der Waals surface area contributed by atoms with Crippen molar-refractivity contribution in [3.8, 4) is 0 Å². The zero-order valence-electron chi connectivity index (χ0n) is 24.5. The van der Waals surface area contributed by atoms with Gasteiger partial charge in [0.1, 0.15) is 6.29 Å². The number of aldehydes is 1. The summed E-state index contributed by atoms with van der Waals surface area (Å²) in [6, 6.07) is 0. The van der Waals surface area contributed by atoms with Crippen molar-refractivity contribution in [1.82, 2.24) is 0 Å². The van der Waals surface area contributed by atoms with Crippen molar-refractivity contribution in [2.75, 3.05) is 32.6 Å². The lowest BCUT2D eigenvalue weighted by atomic mass is 9.89. The number of allylic oxidation sites excluding steroid dienone is 4. The van der Waals surface area contributed by atoms with Crippen LogP contribution in [0.3, 0.4) is 0 Å². The van der Waals surface area contributed by atoms with Gasteiger partial charge in [-0.05, 0) is 59.3 Å². The molecule has 0 aromatic rings. The molecule has 0 saturated heterocycles. The standard InChI is InChI=1S/C13H20O2.C10H19O5P.C7H12O/c1-2-15-13(14)11-7-6-10-12-8-4-3-5-9-12;1-4-13-10(11)8-7-9-16(12,14-5-2)15-6-3;8-6-7-4-2-1-3-5-7/h6-7,10-12H,2-5,8-9H2,1H3;7-8H,4-6,9H2,1-3H3;6-7H,1-5H2/b10-6+,11-7+;8-7+;. The van der Waals surface area contributed by atoms with Crippen LogP contribution in [0.1, 0.15) is 91.9 Å². The molecule has 2 aliphatic carbocycles. The molecule has 2 rings (SSSR count). The predicted octanol–water partition coefficient (Wildman–Crippen LogP) is 7.38. The van der Waals surface area contributed by atoms with Gasteiger partial charge < -0.3 is 23.3 Å². The topological polar surface area (TPSA) is 105 Å². The van der Waals surface area contributed by atoms with Crippen LogP contribution in [0.4, 0.5) is 0 Å². The maximum Gasteiger partial charge on any atom is 0.334 e. The summed E-state index contributed by atoms with van der Waals surface area (Å²) >= 11 is 0. The molecule has 0 aliphatic heterocycles. The lowest BCUT2D eigenvalue weighted by Gasteiger charge is -2.17. The third-order valence-corrected chi connectivity index (χ3v) is 7.99. The maximum absolute atomic E-state index is 11.9. The molecule has 9 heteroatoms. The summed E-state index contributed by atoms with van der Waals surface area (Å²) in [4.78, 5) is 32.1. The molecule has 0 radical (unpaired) electrons. The molecule has 0 aromatic carbocycles. The Morgan fingerprint density at radius 1 is 0.692 bits per heavy atom. The molecule has 8 nitrogen and oxygen atoms in total. The fraction of sp³-hybridized carbons (Fsp3) is 0.700. The van der Waals surface area contributed by atoms with Crippen LogP contribution in [0.15, 0.2) is 36.5 Å². The maximum atomic E-state index is 11.9. The van der Waals surface area contributed by atoms with Crippen LogP contribution in [0.25, 0.3) is 0 Å². The van der Waals surface area contributed by atoms with E-state index in [4.69, 9.17) is 13.8 Å². The van der Waals surface area contributed by atoms with Gasteiger partial charge >= 0.3 is 19.5 Å². The van der Waals surface area contributed by atoms with E-state index < -0.39 is 13.6 Å². The SMILES string of the molecule is CCOC(=O)/C=C/C=C/C1CCCCC1.CCOC(=O)/C=C/CP(=O)(OCC)OCC.O=CC1CCCCC1. The highest BCUT2D eigenvalue weighted by molar-refractivity contribution is 7.54. The van der Waals surface area contributed by atoms with Crippen LogP contribution in [0.5, 0.6) is 0 Å². The molecule has 2 saturated carbocycles. The smallest absolute Gasteiger partial charge is 0.334 e. The molecule has 0 heterocycles. The second-order valence-electron chi connectivity index (χ2n) is 9.21. The van der Waals surface area contributed by atoms with Crippen molar-refractivity contribution in [3.63, 3.8) is 0 Å². The summed E-state index contributed by atoms with van der Waals surface area (Å²) in [6.45, 7) is 8.38. The van der Waals surface area contributed by atoms with Crippen molar-refractivity contribution in [1.29, 1.82) is 0 Å². The van der Waals surface area contributed by atoms with Gasteiger partial charge in [-0.1, -0.05) is 62.8 Å². The number of hydrogen-bond donors (Lipinski definition) is 0. The first-order valence-electron chi connectivity index (χ1n) is 14.5. The number of esters is 2. The molecule has 2 fully saturated rings. The second kappa shape index (κ2) is 25.0. The van der Waals surface area contributed by atoms with Crippen LogP contribution in [-0.2, 0) is 37.5 Å². The van der Waals surface area contributed by atoms with Gasteiger partial charge in [-0.15, -0.1) is 0 Å². The summed E-state index contributed by atoms with van der Waals surface area (Å²) in [5.74, 6) is 0.405. The minimum atomic E-state index is -3.09. The number of hydrogen-bond acceptors (Lipinski definition) is 8. The quantitative estimate of drug-likeness (QED) is 0.0742. The zero-order valence-corrected chi connectivity index (χ0v) is 25.4. The van der Waals surface area contributed by atoms with Gasteiger partial charge in [0.15, 0.2) is 0 Å². The molecule has 0 unspecified atom stereocenters. The average molecular weight is 571 g/mol. The van der Waals surface area contributed by atoms with Crippen molar-refractivity contribution in [2.24, 2.45) is 11.8 Å². The number of ether oxygens (including phenoxy) is 2. The van der Waals surface area contributed by atoms with Gasteiger partial charge in [0.25, 0.3) is 0 Å². The largest absolute Gasteiger partial charge is 0.463 e. The lowest BCUT2D eigenvalue weighted by Crippen LogP contribution is -2.06. The number of carbonyl (C=O) groups excluding carboxylic acids is 3. The highest BCUT2D eigenvalue weighted by Crippen LogP contribution is 2.47. The minimum absolute atomic E-state index is 0.0769. The van der Waals surface area contributed by atoms with Gasteiger partial charge in [-0.3, -0.25) is 4.57 Å². The molecule has 39 heavy (non-hydrogen) atoms. The van der Waals surface area contributed by atoms with Crippen LogP contribution >= 0.6 is 7.60 Å². The molecular formula is C30H51O8P. The summed E-state index contributed by atoms with van der Waals surface area (Å²) in [5, 5.41) is 0. The van der Waals surface area contributed by atoms with Crippen molar-refractivity contribution < 1.29 is 37.5 Å². The summed E-state index contributed by atoms with van der Waals surface area (Å²) in [5.41, 5.74) is 0. The Bertz CT molecular complexity index is 768. The molecule has 224 valence electrons. The first kappa shape index (κ1) is 37.0. The Morgan fingerprint density at radius 2 is 1.18 bits per heavy atom. The van der Waals surface area contributed by atoms with E-state index in [1.54, 1.807) is 26.8 Å². The summed E-state index contributed by atoms with van der Waals surface area (Å²) in [7, 11) is -3.09. The number of rotatable bonds is 13. The van der Waals surface area contributed by atoms with E-state index in [-0.39, 0.29) is 12.1 Å². The third kappa shape index (κ3) is 21.5. The Balaban J connectivity index is 0.000000583. The predicted molar refractivity (Wildman–Crippen MR) is 156 cm³/mol. The molecule has 0 amide bonds. The molecule has 0 bridgehead atoms. The minimum Gasteiger partial charge on any atom is -0.463 e. The van der Waals surface area contributed by atoms with Crippen molar-refractivity contribution in [3.05, 3.63) is 36.5 Å². The van der Waals surface area contributed by atoms with E-state index in [1.165, 1.54) is 69.6 Å². The Kier molecular flexibility index (Phi) is 23.7. The molecule has 0 aromatic heterocycles. The average Bonchev–Trinajstić information content (AvgIpc) is 2.93. The monoisotopic (exact) mass is 570 g/mol. The van der Waals surface area contributed by atoms with Crippen LogP contribution < -0.4 is 0 Å². The lowest BCUT2D eigenvalue weighted by molar-refractivity contribution is -0.138. The first-order valence-corrected chi connectivity index (χ1v) is 16.2. The fourth-order valence-electron chi connectivity index (χ4n) is 4.15. The van der Waals surface area contributed by atoms with Crippen LogP contribution in [-0.4, -0.2) is 50.8 Å². The van der Waals surface area contributed by atoms with Gasteiger partial charge in [-0.25, -0.2) is 9.59 Å². The second-order valence-corrected chi connectivity index (χ2v) is 11.3. The van der Waals surface area contributed by atoms with Gasteiger partial charge in [0.05, 0.1) is 32.6 Å². The third-order valence-electron chi connectivity index (χ3n) is 6.03. The molecular weight excluding hydrogens is 519 g/mol. The highest BCUT2D eigenvalue weighted by atomic mass is 31.2. The zero-order chi connectivity index (χ0) is 29.2. The van der Waals surface area contributed by atoms with Gasteiger partial charge in [-0.2, -0.15) is 0 Å². The molecule has 0 atom stereocenters. The van der Waals surface area contributed by atoms with Crippen molar-refractivity contribution >= 4 is 25.8 Å². The van der Waals surface area contributed by atoms with E-state index in [9.17, 15) is 18.9 Å².